The summed E-state index contributed by atoms with van der Waals surface area (Å²) in [5.41, 5.74) is 6.39. The minimum Gasteiger partial charge on any atom is -0.325 e. The third-order valence-corrected chi connectivity index (χ3v) is 3.49. The molecule has 0 aliphatic carbocycles. The topological polar surface area (TPSA) is 112 Å². The first-order valence-electron chi connectivity index (χ1n) is 6.03. The maximum atomic E-state index is 12.0. The molecule has 21 heavy (non-hydrogen) atoms. The van der Waals surface area contributed by atoms with Crippen molar-refractivity contribution in [2.75, 3.05) is 5.32 Å². The monoisotopic (exact) mass is 301 g/mol. The smallest absolute Gasteiger partial charge is 0.275 e. The maximum Gasteiger partial charge on any atom is 0.275 e. The lowest BCUT2D eigenvalue weighted by Crippen LogP contribution is -2.13. The molecule has 3 N–H and O–H groups in total. The molecule has 0 saturated heterocycles. The van der Waals surface area contributed by atoms with Gasteiger partial charge in [0.1, 0.15) is 23.4 Å². The van der Waals surface area contributed by atoms with E-state index in [4.69, 9.17) is 5.73 Å². The molecule has 3 heterocycles. The number of nitrogens with one attached hydrogen (secondary N) is 1. The number of hydrogen-bond acceptors (Lipinski definition) is 7. The van der Waals surface area contributed by atoms with Crippen molar-refractivity contribution in [1.29, 1.82) is 0 Å². The summed E-state index contributed by atoms with van der Waals surface area (Å²) in [7, 11) is 0. The highest BCUT2D eigenvalue weighted by atomic mass is 32.1. The summed E-state index contributed by atoms with van der Waals surface area (Å²) in [6, 6.07) is 3.47. The van der Waals surface area contributed by atoms with E-state index in [2.05, 4.69) is 25.4 Å². The third-order valence-electron chi connectivity index (χ3n) is 2.62. The molecule has 0 bridgehead atoms. The minimum atomic E-state index is -0.291. The zero-order valence-electron chi connectivity index (χ0n) is 10.8. The Hall–Kier alpha value is -2.65. The Kier molecular flexibility index (Phi) is 3.67. The lowest BCUT2D eigenvalue weighted by molar-refractivity contribution is 0.102. The molecule has 0 aliphatic rings. The fourth-order valence-electron chi connectivity index (χ4n) is 1.63. The van der Waals surface area contributed by atoms with Crippen LogP contribution in [0.15, 0.2) is 36.4 Å². The van der Waals surface area contributed by atoms with Gasteiger partial charge < -0.3 is 11.1 Å². The Morgan fingerprint density at radius 3 is 2.95 bits per heavy atom. The van der Waals surface area contributed by atoms with Crippen LogP contribution in [0.25, 0.3) is 5.82 Å². The first-order chi connectivity index (χ1) is 10.3. The summed E-state index contributed by atoms with van der Waals surface area (Å²) < 4.78 is 1.53. The molecular weight excluding hydrogens is 290 g/mol. The van der Waals surface area contributed by atoms with Gasteiger partial charge in [0.25, 0.3) is 5.91 Å². The number of anilines is 1. The average Bonchev–Trinajstić information content (AvgIpc) is 3.19. The first-order valence-corrected chi connectivity index (χ1v) is 6.91. The van der Waals surface area contributed by atoms with Gasteiger partial charge in [-0.2, -0.15) is 5.10 Å². The second kappa shape index (κ2) is 5.77. The standard InChI is InChI=1S/C12H11N7OS/c13-3-11-18-9(5-21-11)12(20)17-8-1-2-10(15-4-8)19-7-14-6-16-19/h1-2,4-7H,3,13H2,(H,17,20). The van der Waals surface area contributed by atoms with Crippen LogP contribution in [0, 0.1) is 0 Å². The number of thiazole rings is 1. The predicted molar refractivity (Wildman–Crippen MR) is 77.1 cm³/mol. The van der Waals surface area contributed by atoms with Crippen molar-refractivity contribution in [3.8, 4) is 5.82 Å². The van der Waals surface area contributed by atoms with Crippen LogP contribution in [-0.4, -0.2) is 30.6 Å². The molecule has 3 rings (SSSR count). The number of hydrogen-bond donors (Lipinski definition) is 2. The minimum absolute atomic E-state index is 0.291. The molecule has 0 spiro atoms. The Morgan fingerprint density at radius 2 is 2.33 bits per heavy atom. The molecule has 0 aliphatic heterocycles. The zero-order valence-corrected chi connectivity index (χ0v) is 11.6. The first kappa shape index (κ1) is 13.3. The molecular formula is C12H11N7OS. The molecule has 0 radical (unpaired) electrons. The SMILES string of the molecule is NCc1nc(C(=O)Nc2ccc(-n3cncn3)nc2)cs1. The van der Waals surface area contributed by atoms with Gasteiger partial charge in [0, 0.05) is 11.9 Å². The normalized spacial score (nSPS) is 10.5. The molecule has 8 nitrogen and oxygen atoms in total. The summed E-state index contributed by atoms with van der Waals surface area (Å²) in [6.07, 6.45) is 4.52. The summed E-state index contributed by atoms with van der Waals surface area (Å²) in [6.45, 7) is 0.326. The van der Waals surface area contributed by atoms with Gasteiger partial charge in [0.15, 0.2) is 5.82 Å². The summed E-state index contributed by atoms with van der Waals surface area (Å²) in [5.74, 6) is 0.325. The van der Waals surface area contributed by atoms with E-state index in [0.29, 0.717) is 23.7 Å². The van der Waals surface area contributed by atoms with E-state index in [1.165, 1.54) is 22.3 Å². The molecule has 0 atom stereocenters. The number of carbonyl (C=O) groups is 1. The molecule has 9 heteroatoms. The molecule has 0 unspecified atom stereocenters. The van der Waals surface area contributed by atoms with Gasteiger partial charge >= 0.3 is 0 Å². The van der Waals surface area contributed by atoms with Gasteiger partial charge in [-0.1, -0.05) is 0 Å². The number of nitrogens with zero attached hydrogens (tertiary/aromatic N) is 5. The molecule has 0 saturated carbocycles. The van der Waals surface area contributed by atoms with E-state index < -0.39 is 0 Å². The van der Waals surface area contributed by atoms with Crippen LogP contribution in [0.5, 0.6) is 0 Å². The molecule has 3 aromatic rings. The number of rotatable bonds is 4. The fraction of sp³-hybridized carbons (Fsp3) is 0.0833. The number of aromatic nitrogens is 5. The highest BCUT2D eigenvalue weighted by Gasteiger charge is 2.10. The van der Waals surface area contributed by atoms with Crippen LogP contribution < -0.4 is 11.1 Å². The Bertz CT molecular complexity index is 735. The van der Waals surface area contributed by atoms with Gasteiger partial charge in [-0.15, -0.1) is 11.3 Å². The lowest BCUT2D eigenvalue weighted by atomic mass is 10.3. The summed E-state index contributed by atoms with van der Waals surface area (Å²) in [4.78, 5) is 24.2. The van der Waals surface area contributed by atoms with E-state index in [1.54, 1.807) is 30.0 Å². The summed E-state index contributed by atoms with van der Waals surface area (Å²) in [5, 5.41) is 9.09. The molecule has 0 aromatic carbocycles. The van der Waals surface area contributed by atoms with Crippen LogP contribution in [0.2, 0.25) is 0 Å². The highest BCUT2D eigenvalue weighted by Crippen LogP contribution is 2.13. The Morgan fingerprint density at radius 1 is 1.43 bits per heavy atom. The maximum absolute atomic E-state index is 12.0. The van der Waals surface area contributed by atoms with Crippen LogP contribution in [0.4, 0.5) is 5.69 Å². The van der Waals surface area contributed by atoms with Gasteiger partial charge in [0.05, 0.1) is 11.9 Å². The van der Waals surface area contributed by atoms with Crippen LogP contribution in [0.3, 0.4) is 0 Å². The number of carbonyl (C=O) groups excluding carboxylic acids is 1. The largest absolute Gasteiger partial charge is 0.325 e. The van der Waals surface area contributed by atoms with Gasteiger partial charge in [-0.25, -0.2) is 19.6 Å². The third kappa shape index (κ3) is 2.93. The molecule has 106 valence electrons. The van der Waals surface area contributed by atoms with Crippen molar-refractivity contribution >= 4 is 22.9 Å². The quantitative estimate of drug-likeness (QED) is 0.738. The van der Waals surface area contributed by atoms with Crippen molar-refractivity contribution in [2.45, 2.75) is 6.54 Å². The second-order valence-corrected chi connectivity index (χ2v) is 4.97. The molecule has 1 amide bonds. The van der Waals surface area contributed by atoms with Crippen LogP contribution >= 0.6 is 11.3 Å². The van der Waals surface area contributed by atoms with E-state index in [9.17, 15) is 4.79 Å². The van der Waals surface area contributed by atoms with E-state index in [0.717, 1.165) is 5.01 Å². The van der Waals surface area contributed by atoms with E-state index in [-0.39, 0.29) is 5.91 Å². The van der Waals surface area contributed by atoms with Crippen molar-refractivity contribution in [2.24, 2.45) is 5.73 Å². The van der Waals surface area contributed by atoms with Crippen LogP contribution in [-0.2, 0) is 6.54 Å². The van der Waals surface area contributed by atoms with Gasteiger partial charge in [0.2, 0.25) is 0 Å². The van der Waals surface area contributed by atoms with Crippen molar-refractivity contribution in [3.63, 3.8) is 0 Å². The fourth-order valence-corrected chi connectivity index (χ4v) is 2.28. The predicted octanol–water partition coefficient (Wildman–Crippen LogP) is 0.830. The number of nitrogens with two attached hydrogens (primary N) is 1. The van der Waals surface area contributed by atoms with Crippen molar-refractivity contribution in [1.82, 2.24) is 24.7 Å². The van der Waals surface area contributed by atoms with Crippen molar-refractivity contribution in [3.05, 3.63) is 47.1 Å². The van der Waals surface area contributed by atoms with Gasteiger partial charge in [-0.3, -0.25) is 4.79 Å². The van der Waals surface area contributed by atoms with Crippen molar-refractivity contribution < 1.29 is 4.79 Å². The van der Waals surface area contributed by atoms with E-state index >= 15 is 0 Å². The molecule has 0 fully saturated rings. The highest BCUT2D eigenvalue weighted by molar-refractivity contribution is 7.09. The number of pyridine rings is 1. The lowest BCUT2D eigenvalue weighted by Gasteiger charge is -2.04. The average molecular weight is 301 g/mol. The second-order valence-electron chi connectivity index (χ2n) is 4.03. The van der Waals surface area contributed by atoms with Crippen LogP contribution in [0.1, 0.15) is 15.5 Å². The Balaban J connectivity index is 1.71. The molecule has 3 aromatic heterocycles. The summed E-state index contributed by atoms with van der Waals surface area (Å²) >= 11 is 1.36. The number of amides is 1. The zero-order chi connectivity index (χ0) is 14.7. The van der Waals surface area contributed by atoms with E-state index in [1.807, 2.05) is 0 Å². The van der Waals surface area contributed by atoms with Gasteiger partial charge in [-0.05, 0) is 12.1 Å². The Labute approximate surface area is 123 Å².